The Kier molecular flexibility index (Phi) is 7.03. The van der Waals surface area contributed by atoms with Gasteiger partial charge in [0.05, 0.1) is 10.5 Å². The lowest BCUT2D eigenvalue weighted by Crippen LogP contribution is -2.37. The van der Waals surface area contributed by atoms with Gasteiger partial charge in [0.1, 0.15) is 0 Å². The molecule has 11 heteroatoms. The summed E-state index contributed by atoms with van der Waals surface area (Å²) in [6, 6.07) is 15.0. The van der Waals surface area contributed by atoms with Crippen LogP contribution in [0.4, 0.5) is 17.6 Å². The van der Waals surface area contributed by atoms with Crippen molar-refractivity contribution in [2.45, 2.75) is 31.3 Å². The van der Waals surface area contributed by atoms with Gasteiger partial charge < -0.3 is 15.8 Å². The summed E-state index contributed by atoms with van der Waals surface area (Å²) in [7, 11) is -3.59. The summed E-state index contributed by atoms with van der Waals surface area (Å²) in [6.45, 7) is 2.91. The predicted molar refractivity (Wildman–Crippen MR) is 127 cm³/mol. The first kappa shape index (κ1) is 23.6. The minimum atomic E-state index is -3.59. The van der Waals surface area contributed by atoms with Gasteiger partial charge in [0.25, 0.3) is 0 Å². The smallest absolute Gasteiger partial charge is 0.338 e. The summed E-state index contributed by atoms with van der Waals surface area (Å²) in [5, 5.41) is 3.01. The maximum absolute atomic E-state index is 12.9. The zero-order valence-corrected chi connectivity index (χ0v) is 19.5. The molecule has 4 rings (SSSR count). The van der Waals surface area contributed by atoms with Gasteiger partial charge in [-0.1, -0.05) is 25.1 Å². The van der Waals surface area contributed by atoms with E-state index in [9.17, 15) is 13.2 Å². The Bertz CT molecular complexity index is 1240. The van der Waals surface area contributed by atoms with Crippen LogP contribution in [0.5, 0.6) is 0 Å². The molecule has 1 saturated heterocycles. The number of carbonyl (C=O) groups is 1. The van der Waals surface area contributed by atoms with Crippen molar-refractivity contribution >= 4 is 33.6 Å². The third-order valence-corrected chi connectivity index (χ3v) is 7.44. The molecule has 2 heterocycles. The van der Waals surface area contributed by atoms with Gasteiger partial charge in [-0.25, -0.2) is 13.2 Å². The van der Waals surface area contributed by atoms with Crippen molar-refractivity contribution in [1.82, 2.24) is 19.3 Å². The molecule has 10 nitrogen and oxygen atoms in total. The Morgan fingerprint density at radius 2 is 1.74 bits per heavy atom. The van der Waals surface area contributed by atoms with Gasteiger partial charge in [0, 0.05) is 18.8 Å². The SMILES string of the molecule is CC1CCN(S(=O)(=O)c2ccc(C(=O)OCc3nc(N)nc(Nc4ccccc4)n3)cc2)CC1. The van der Waals surface area contributed by atoms with E-state index in [2.05, 4.69) is 27.2 Å². The molecule has 0 bridgehead atoms. The molecular formula is C23H26N6O4S. The highest BCUT2D eigenvalue weighted by molar-refractivity contribution is 7.89. The van der Waals surface area contributed by atoms with E-state index in [-0.39, 0.29) is 34.8 Å². The van der Waals surface area contributed by atoms with Crippen LogP contribution in [0, 0.1) is 5.92 Å². The summed E-state index contributed by atoms with van der Waals surface area (Å²) in [5.41, 5.74) is 6.74. The lowest BCUT2D eigenvalue weighted by atomic mass is 10.0. The second-order valence-electron chi connectivity index (χ2n) is 8.11. The number of anilines is 3. The van der Waals surface area contributed by atoms with Gasteiger partial charge in [0.2, 0.25) is 21.9 Å². The van der Waals surface area contributed by atoms with Crippen LogP contribution >= 0.6 is 0 Å². The zero-order valence-electron chi connectivity index (χ0n) is 18.7. The highest BCUT2D eigenvalue weighted by atomic mass is 32.2. The van der Waals surface area contributed by atoms with Gasteiger partial charge in [-0.15, -0.1) is 0 Å². The molecule has 178 valence electrons. The molecule has 0 amide bonds. The first-order valence-corrected chi connectivity index (χ1v) is 12.3. The van der Waals surface area contributed by atoms with E-state index in [0.717, 1.165) is 18.5 Å². The summed E-state index contributed by atoms with van der Waals surface area (Å²) in [6.07, 6.45) is 1.68. The van der Waals surface area contributed by atoms with Gasteiger partial charge >= 0.3 is 5.97 Å². The number of nitrogens with zero attached hydrogens (tertiary/aromatic N) is 4. The molecule has 3 aromatic rings. The number of aromatic nitrogens is 3. The van der Waals surface area contributed by atoms with E-state index in [1.54, 1.807) is 0 Å². The Morgan fingerprint density at radius 1 is 1.06 bits per heavy atom. The number of sulfonamides is 1. The van der Waals surface area contributed by atoms with Gasteiger partial charge in [-0.05, 0) is 55.2 Å². The summed E-state index contributed by atoms with van der Waals surface area (Å²) >= 11 is 0. The molecule has 0 unspecified atom stereocenters. The van der Waals surface area contributed by atoms with Gasteiger partial charge in [-0.3, -0.25) is 0 Å². The number of piperidine rings is 1. The number of nitrogens with one attached hydrogen (secondary N) is 1. The maximum Gasteiger partial charge on any atom is 0.338 e. The fourth-order valence-electron chi connectivity index (χ4n) is 3.56. The molecule has 0 atom stereocenters. The van der Waals surface area contributed by atoms with Crippen molar-refractivity contribution in [3.63, 3.8) is 0 Å². The molecule has 1 aromatic heterocycles. The highest BCUT2D eigenvalue weighted by Gasteiger charge is 2.28. The van der Waals surface area contributed by atoms with Crippen molar-refractivity contribution in [3.8, 4) is 0 Å². The fourth-order valence-corrected chi connectivity index (χ4v) is 5.03. The van der Waals surface area contributed by atoms with Crippen molar-refractivity contribution < 1.29 is 17.9 Å². The van der Waals surface area contributed by atoms with E-state index in [1.165, 1.54) is 28.6 Å². The molecule has 0 spiro atoms. The summed E-state index contributed by atoms with van der Waals surface area (Å²) in [5.74, 6) is 0.284. The van der Waals surface area contributed by atoms with E-state index >= 15 is 0 Å². The summed E-state index contributed by atoms with van der Waals surface area (Å²) < 4.78 is 32.5. The minimum absolute atomic E-state index is 0.0128. The van der Waals surface area contributed by atoms with E-state index < -0.39 is 16.0 Å². The van der Waals surface area contributed by atoms with Crippen LogP contribution in [-0.4, -0.2) is 46.7 Å². The average molecular weight is 483 g/mol. The van der Waals surface area contributed by atoms with Crippen LogP contribution in [0.3, 0.4) is 0 Å². The van der Waals surface area contributed by atoms with Crippen LogP contribution in [-0.2, 0) is 21.4 Å². The topological polar surface area (TPSA) is 140 Å². The van der Waals surface area contributed by atoms with Crippen molar-refractivity contribution in [1.29, 1.82) is 0 Å². The number of hydrogen-bond acceptors (Lipinski definition) is 9. The number of nitrogen functional groups attached to an aromatic ring is 1. The first-order chi connectivity index (χ1) is 16.3. The Labute approximate surface area is 198 Å². The number of nitrogens with two attached hydrogens (primary N) is 1. The molecule has 0 aliphatic carbocycles. The highest BCUT2D eigenvalue weighted by Crippen LogP contribution is 2.24. The molecule has 0 saturated carbocycles. The molecule has 34 heavy (non-hydrogen) atoms. The van der Waals surface area contributed by atoms with Crippen LogP contribution in [0.25, 0.3) is 0 Å². The lowest BCUT2D eigenvalue weighted by Gasteiger charge is -2.29. The fraction of sp³-hybridized carbons (Fsp3) is 0.304. The normalized spacial score (nSPS) is 15.1. The number of esters is 1. The third-order valence-electron chi connectivity index (χ3n) is 5.53. The zero-order chi connectivity index (χ0) is 24.1. The number of hydrogen-bond donors (Lipinski definition) is 2. The number of benzene rings is 2. The molecular weight excluding hydrogens is 456 g/mol. The monoisotopic (exact) mass is 482 g/mol. The van der Waals surface area contributed by atoms with Crippen molar-refractivity contribution in [2.75, 3.05) is 24.1 Å². The van der Waals surface area contributed by atoms with Crippen molar-refractivity contribution in [2.24, 2.45) is 5.92 Å². The summed E-state index contributed by atoms with van der Waals surface area (Å²) in [4.78, 5) is 24.9. The van der Waals surface area contributed by atoms with Gasteiger partial charge in [0.15, 0.2) is 12.4 Å². The average Bonchev–Trinajstić information content (AvgIpc) is 2.83. The molecule has 1 aliphatic rings. The minimum Gasteiger partial charge on any atom is -0.454 e. The maximum atomic E-state index is 12.9. The molecule has 2 aromatic carbocycles. The Hall–Kier alpha value is -3.57. The van der Waals surface area contributed by atoms with Crippen molar-refractivity contribution in [3.05, 3.63) is 66.0 Å². The number of carbonyl (C=O) groups excluding carboxylic acids is 1. The molecule has 3 N–H and O–H groups in total. The quantitative estimate of drug-likeness (QED) is 0.486. The molecule has 1 fully saturated rings. The lowest BCUT2D eigenvalue weighted by molar-refractivity contribution is 0.0462. The van der Waals surface area contributed by atoms with E-state index in [0.29, 0.717) is 19.0 Å². The van der Waals surface area contributed by atoms with Crippen LogP contribution in [0.1, 0.15) is 35.9 Å². The second-order valence-corrected chi connectivity index (χ2v) is 10.0. The standard InChI is InChI=1S/C23H26N6O4S/c1-16-11-13-29(14-12-16)34(31,32)19-9-7-17(8-10-19)21(30)33-15-20-26-22(24)28-23(27-20)25-18-5-3-2-4-6-18/h2-10,16H,11-15H2,1H3,(H3,24,25,26,27,28). The number of ether oxygens (including phenoxy) is 1. The predicted octanol–water partition coefficient (Wildman–Crippen LogP) is 2.98. The number of para-hydroxylation sites is 1. The van der Waals surface area contributed by atoms with E-state index in [4.69, 9.17) is 10.5 Å². The molecule has 0 radical (unpaired) electrons. The van der Waals surface area contributed by atoms with Crippen LogP contribution in [0.15, 0.2) is 59.5 Å². The van der Waals surface area contributed by atoms with Crippen LogP contribution < -0.4 is 11.1 Å². The third kappa shape index (κ3) is 5.67. The van der Waals surface area contributed by atoms with Gasteiger partial charge in [-0.2, -0.15) is 19.3 Å². The second kappa shape index (κ2) is 10.1. The van der Waals surface area contributed by atoms with E-state index in [1.807, 2.05) is 30.3 Å². The largest absolute Gasteiger partial charge is 0.454 e. The Balaban J connectivity index is 1.39. The first-order valence-electron chi connectivity index (χ1n) is 10.9. The molecule has 1 aliphatic heterocycles. The van der Waals surface area contributed by atoms with Crippen LogP contribution in [0.2, 0.25) is 0 Å². The number of rotatable bonds is 7. The Morgan fingerprint density at radius 3 is 2.41 bits per heavy atom.